The summed E-state index contributed by atoms with van der Waals surface area (Å²) in [5.74, 6) is 0.519. The standard InChI is InChI=1S/C30H33FN2O2/c1-28-12-21-13-29(2,17-28)19-30(14-21,18-28)15-26(34)32-25-5-3-4-24-23(25)10-11-33(27(24)35)16-20-6-8-22(31)9-7-20/h3-11,21H,12-19H2,1-2H3,(H,32,34). The molecule has 1 N–H and O–H groups in total. The second-order valence-electron chi connectivity index (χ2n) is 12.5. The molecule has 4 aliphatic carbocycles. The van der Waals surface area contributed by atoms with E-state index in [4.69, 9.17) is 0 Å². The third kappa shape index (κ3) is 4.09. The molecule has 2 unspecified atom stereocenters. The Morgan fingerprint density at radius 3 is 2.37 bits per heavy atom. The minimum atomic E-state index is -0.295. The number of aromatic nitrogens is 1. The largest absolute Gasteiger partial charge is 0.325 e. The number of hydrogen-bond donors (Lipinski definition) is 1. The molecule has 1 amide bonds. The number of rotatable bonds is 5. The second-order valence-corrected chi connectivity index (χ2v) is 12.5. The van der Waals surface area contributed by atoms with Gasteiger partial charge in [-0.15, -0.1) is 0 Å². The number of nitrogens with zero attached hydrogens (tertiary/aromatic N) is 1. The number of carbonyl (C=O) groups is 1. The Labute approximate surface area is 205 Å². The van der Waals surface area contributed by atoms with Crippen LogP contribution in [-0.4, -0.2) is 10.5 Å². The van der Waals surface area contributed by atoms with Gasteiger partial charge < -0.3 is 9.88 Å². The monoisotopic (exact) mass is 472 g/mol. The number of fused-ring (bicyclic) bond motifs is 1. The van der Waals surface area contributed by atoms with Gasteiger partial charge in [-0.2, -0.15) is 0 Å². The van der Waals surface area contributed by atoms with Crippen molar-refractivity contribution >= 4 is 22.4 Å². The maximum Gasteiger partial charge on any atom is 0.258 e. The van der Waals surface area contributed by atoms with Crippen LogP contribution in [0.5, 0.6) is 0 Å². The van der Waals surface area contributed by atoms with Crippen molar-refractivity contribution in [1.82, 2.24) is 4.57 Å². The molecule has 4 aliphatic rings. The number of benzene rings is 2. The lowest BCUT2D eigenvalue weighted by atomic mass is 9.40. The third-order valence-corrected chi connectivity index (χ3v) is 8.84. The highest BCUT2D eigenvalue weighted by Crippen LogP contribution is 2.70. The van der Waals surface area contributed by atoms with Gasteiger partial charge in [0.25, 0.3) is 5.56 Å². The van der Waals surface area contributed by atoms with E-state index in [2.05, 4.69) is 19.2 Å². The average molecular weight is 473 g/mol. The molecule has 1 aromatic heterocycles. The van der Waals surface area contributed by atoms with Gasteiger partial charge in [-0.25, -0.2) is 4.39 Å². The van der Waals surface area contributed by atoms with Crippen molar-refractivity contribution in [2.24, 2.45) is 22.2 Å². The number of carbonyl (C=O) groups excluding carboxylic acids is 1. The first-order valence-electron chi connectivity index (χ1n) is 12.8. The Balaban J connectivity index is 1.23. The Kier molecular flexibility index (Phi) is 5.00. The van der Waals surface area contributed by atoms with E-state index in [1.165, 1.54) is 37.8 Å². The van der Waals surface area contributed by atoms with Gasteiger partial charge in [0, 0.05) is 29.1 Å². The van der Waals surface area contributed by atoms with E-state index in [0.717, 1.165) is 29.7 Å². The quantitative estimate of drug-likeness (QED) is 0.460. The van der Waals surface area contributed by atoms with Gasteiger partial charge in [-0.3, -0.25) is 9.59 Å². The summed E-state index contributed by atoms with van der Waals surface area (Å²) < 4.78 is 14.9. The maximum atomic E-state index is 13.3. The molecule has 4 bridgehead atoms. The van der Waals surface area contributed by atoms with Crippen LogP contribution in [0.2, 0.25) is 0 Å². The van der Waals surface area contributed by atoms with E-state index in [1.54, 1.807) is 29.0 Å². The summed E-state index contributed by atoms with van der Waals surface area (Å²) >= 11 is 0. The number of pyridine rings is 1. The molecule has 1 heterocycles. The van der Waals surface area contributed by atoms with Gasteiger partial charge in [-0.1, -0.05) is 32.0 Å². The first-order chi connectivity index (χ1) is 16.6. The first-order valence-corrected chi connectivity index (χ1v) is 12.8. The van der Waals surface area contributed by atoms with Crippen LogP contribution in [0.15, 0.2) is 59.5 Å². The average Bonchev–Trinajstić information content (AvgIpc) is 2.74. The molecule has 4 nitrogen and oxygen atoms in total. The Bertz CT molecular complexity index is 1360. The lowest BCUT2D eigenvalue weighted by Gasteiger charge is -2.65. The summed E-state index contributed by atoms with van der Waals surface area (Å²) in [5.41, 5.74) is 2.30. The number of nitrogens with one attached hydrogen (secondary N) is 1. The molecule has 7 rings (SSSR count). The number of amides is 1. The Hall–Kier alpha value is -2.95. The lowest BCUT2D eigenvalue weighted by Crippen LogP contribution is -2.55. The molecule has 0 radical (unpaired) electrons. The molecule has 4 fully saturated rings. The van der Waals surface area contributed by atoms with E-state index < -0.39 is 0 Å². The van der Waals surface area contributed by atoms with Crippen LogP contribution >= 0.6 is 0 Å². The fourth-order valence-electron chi connectivity index (χ4n) is 8.75. The number of anilines is 1. The molecule has 2 atom stereocenters. The van der Waals surface area contributed by atoms with Crippen molar-refractivity contribution in [3.05, 3.63) is 76.5 Å². The predicted octanol–water partition coefficient (Wildman–Crippen LogP) is 6.51. The minimum absolute atomic E-state index is 0.0575. The summed E-state index contributed by atoms with van der Waals surface area (Å²) in [6, 6.07) is 13.6. The van der Waals surface area contributed by atoms with Gasteiger partial charge in [0.2, 0.25) is 5.91 Å². The second kappa shape index (κ2) is 7.78. The molecular formula is C30H33FN2O2. The molecule has 2 aromatic carbocycles. The van der Waals surface area contributed by atoms with Crippen LogP contribution < -0.4 is 10.9 Å². The van der Waals surface area contributed by atoms with Gasteiger partial charge in [0.1, 0.15) is 5.82 Å². The molecule has 182 valence electrons. The van der Waals surface area contributed by atoms with Crippen LogP contribution in [-0.2, 0) is 11.3 Å². The molecule has 5 heteroatoms. The highest BCUT2D eigenvalue weighted by Gasteiger charge is 2.60. The van der Waals surface area contributed by atoms with Crippen molar-refractivity contribution in [2.45, 2.75) is 65.3 Å². The van der Waals surface area contributed by atoms with Crippen molar-refractivity contribution < 1.29 is 9.18 Å². The predicted molar refractivity (Wildman–Crippen MR) is 137 cm³/mol. The third-order valence-electron chi connectivity index (χ3n) is 8.84. The van der Waals surface area contributed by atoms with Gasteiger partial charge in [0.15, 0.2) is 0 Å². The molecule has 3 aromatic rings. The number of halogens is 1. The zero-order chi connectivity index (χ0) is 24.4. The number of hydrogen-bond acceptors (Lipinski definition) is 2. The van der Waals surface area contributed by atoms with E-state index in [-0.39, 0.29) is 22.7 Å². The lowest BCUT2D eigenvalue weighted by molar-refractivity contribution is -0.153. The molecule has 35 heavy (non-hydrogen) atoms. The van der Waals surface area contributed by atoms with Crippen LogP contribution in [0.3, 0.4) is 0 Å². The highest BCUT2D eigenvalue weighted by atomic mass is 19.1. The van der Waals surface area contributed by atoms with Crippen molar-refractivity contribution in [1.29, 1.82) is 0 Å². The summed E-state index contributed by atoms with van der Waals surface area (Å²) in [6.07, 6.45) is 9.74. The SMILES string of the molecule is CC12CC3CC(C)(C1)CC(CC(=O)Nc1cccc4c(=O)n(Cc5ccc(F)cc5)ccc14)(C3)C2. The molecule has 4 saturated carbocycles. The molecular weight excluding hydrogens is 439 g/mol. The van der Waals surface area contributed by atoms with Gasteiger partial charge in [-0.05, 0) is 96.6 Å². The van der Waals surface area contributed by atoms with Gasteiger partial charge in [0.05, 0.1) is 6.54 Å². The van der Waals surface area contributed by atoms with Crippen LogP contribution in [0.25, 0.3) is 10.8 Å². The Morgan fingerprint density at radius 2 is 1.69 bits per heavy atom. The van der Waals surface area contributed by atoms with E-state index >= 15 is 0 Å². The smallest absolute Gasteiger partial charge is 0.258 e. The summed E-state index contributed by atoms with van der Waals surface area (Å²) in [6.45, 7) is 5.24. The van der Waals surface area contributed by atoms with Crippen LogP contribution in [0.4, 0.5) is 10.1 Å². The summed E-state index contributed by atoms with van der Waals surface area (Å²) in [4.78, 5) is 26.5. The van der Waals surface area contributed by atoms with E-state index in [1.807, 2.05) is 18.2 Å². The van der Waals surface area contributed by atoms with Crippen molar-refractivity contribution in [3.63, 3.8) is 0 Å². The van der Waals surface area contributed by atoms with Gasteiger partial charge >= 0.3 is 0 Å². The van der Waals surface area contributed by atoms with Crippen LogP contribution in [0, 0.1) is 28.0 Å². The normalized spacial score (nSPS) is 31.1. The van der Waals surface area contributed by atoms with Crippen molar-refractivity contribution in [3.8, 4) is 0 Å². The Morgan fingerprint density at radius 1 is 0.971 bits per heavy atom. The first kappa shape index (κ1) is 22.5. The summed E-state index contributed by atoms with van der Waals surface area (Å²) in [7, 11) is 0. The van der Waals surface area contributed by atoms with E-state index in [0.29, 0.717) is 34.9 Å². The topological polar surface area (TPSA) is 51.1 Å². The zero-order valence-corrected chi connectivity index (χ0v) is 20.6. The molecule has 0 aliphatic heterocycles. The fraction of sp³-hybridized carbons (Fsp3) is 0.467. The highest BCUT2D eigenvalue weighted by molar-refractivity contribution is 6.02. The maximum absolute atomic E-state index is 13.3. The van der Waals surface area contributed by atoms with E-state index in [9.17, 15) is 14.0 Å². The molecule has 0 saturated heterocycles. The fourth-order valence-corrected chi connectivity index (χ4v) is 8.75. The molecule has 0 spiro atoms. The minimum Gasteiger partial charge on any atom is -0.325 e. The zero-order valence-electron chi connectivity index (χ0n) is 20.6. The summed E-state index contributed by atoms with van der Waals surface area (Å²) in [5, 5.41) is 4.49. The van der Waals surface area contributed by atoms with Crippen LogP contribution in [0.1, 0.15) is 64.4 Å². The van der Waals surface area contributed by atoms with Crippen molar-refractivity contribution in [2.75, 3.05) is 5.32 Å².